The molecule has 0 heterocycles. The Kier molecular flexibility index (Phi) is 7.76. The van der Waals surface area contributed by atoms with Gasteiger partial charge in [-0.05, 0) is 54.3 Å². The molecule has 0 spiro atoms. The van der Waals surface area contributed by atoms with Crippen molar-refractivity contribution in [3.63, 3.8) is 0 Å². The van der Waals surface area contributed by atoms with Crippen molar-refractivity contribution in [3.8, 4) is 11.8 Å². The first-order chi connectivity index (χ1) is 13.7. The number of sulfonamides is 1. The highest BCUT2D eigenvalue weighted by molar-refractivity contribution is 7.89. The fourth-order valence-corrected chi connectivity index (χ4v) is 3.75. The summed E-state index contributed by atoms with van der Waals surface area (Å²) in [5.74, 6) is 0.301. The number of amides is 1. The second-order valence-electron chi connectivity index (χ2n) is 7.04. The third-order valence-corrected chi connectivity index (χ3v) is 5.44. The minimum atomic E-state index is -3.58. The Balaban J connectivity index is 1.95. The van der Waals surface area contributed by atoms with Gasteiger partial charge in [0.15, 0.2) is 6.61 Å². The van der Waals surface area contributed by atoms with Crippen LogP contribution in [0.2, 0.25) is 0 Å². The predicted molar refractivity (Wildman–Crippen MR) is 111 cm³/mol. The molecule has 0 aliphatic carbocycles. The molecule has 0 aliphatic heterocycles. The van der Waals surface area contributed by atoms with Crippen LogP contribution in [0.1, 0.15) is 25.0 Å². The number of carbonyl (C=O) groups excluding carboxylic acids is 1. The number of aryl methyl sites for hydroxylation is 1. The van der Waals surface area contributed by atoms with Gasteiger partial charge in [-0.1, -0.05) is 26.0 Å². The third-order valence-electron chi connectivity index (χ3n) is 4.02. The molecule has 0 radical (unpaired) electrons. The van der Waals surface area contributed by atoms with Crippen molar-refractivity contribution in [2.45, 2.75) is 32.1 Å². The van der Waals surface area contributed by atoms with Gasteiger partial charge < -0.3 is 10.1 Å². The van der Waals surface area contributed by atoms with Crippen molar-refractivity contribution in [2.75, 3.05) is 18.5 Å². The molecule has 154 valence electrons. The molecule has 2 aromatic rings. The van der Waals surface area contributed by atoms with E-state index in [-0.39, 0.29) is 23.3 Å². The summed E-state index contributed by atoms with van der Waals surface area (Å²) in [6.07, 6.45) is 0.315. The van der Waals surface area contributed by atoms with Gasteiger partial charge in [-0.3, -0.25) is 4.79 Å². The van der Waals surface area contributed by atoms with E-state index in [1.165, 1.54) is 12.1 Å². The van der Waals surface area contributed by atoms with E-state index in [0.29, 0.717) is 30.0 Å². The van der Waals surface area contributed by atoms with Crippen molar-refractivity contribution >= 4 is 21.6 Å². The van der Waals surface area contributed by atoms with Crippen LogP contribution in [-0.2, 0) is 21.2 Å². The summed E-state index contributed by atoms with van der Waals surface area (Å²) in [6, 6.07) is 13.6. The normalized spacial score (nSPS) is 11.1. The van der Waals surface area contributed by atoms with Crippen molar-refractivity contribution in [3.05, 3.63) is 53.6 Å². The number of nitrogens with one attached hydrogen (secondary N) is 2. The summed E-state index contributed by atoms with van der Waals surface area (Å²) in [7, 11) is -3.58. The number of benzene rings is 2. The molecule has 0 fully saturated rings. The lowest BCUT2D eigenvalue weighted by molar-refractivity contribution is -0.118. The third kappa shape index (κ3) is 6.89. The highest BCUT2D eigenvalue weighted by atomic mass is 32.2. The lowest BCUT2D eigenvalue weighted by atomic mass is 10.1. The largest absolute Gasteiger partial charge is 0.483 e. The second-order valence-corrected chi connectivity index (χ2v) is 8.81. The van der Waals surface area contributed by atoms with E-state index in [4.69, 9.17) is 10.00 Å². The van der Waals surface area contributed by atoms with Crippen molar-refractivity contribution in [1.82, 2.24) is 4.72 Å². The Labute approximate surface area is 171 Å². The van der Waals surface area contributed by atoms with Crippen LogP contribution in [0.25, 0.3) is 0 Å². The van der Waals surface area contributed by atoms with Crippen molar-refractivity contribution in [1.29, 1.82) is 5.26 Å². The molecule has 0 bridgehead atoms. The highest BCUT2D eigenvalue weighted by Gasteiger charge is 2.16. The molecule has 0 unspecified atom stereocenters. The van der Waals surface area contributed by atoms with Gasteiger partial charge in [0.25, 0.3) is 5.91 Å². The Morgan fingerprint density at radius 3 is 2.45 bits per heavy atom. The molecule has 0 atom stereocenters. The molecule has 0 saturated carbocycles. The summed E-state index contributed by atoms with van der Waals surface area (Å²) in [4.78, 5) is 12.2. The number of rotatable bonds is 9. The average molecular weight is 416 g/mol. The Hall–Kier alpha value is -2.89. The van der Waals surface area contributed by atoms with Crippen LogP contribution in [0.4, 0.5) is 5.69 Å². The molecular formula is C21H25N3O4S. The fourth-order valence-electron chi connectivity index (χ4n) is 2.45. The molecule has 0 aliphatic rings. The summed E-state index contributed by atoms with van der Waals surface area (Å²) in [5.41, 5.74) is 2.09. The second kappa shape index (κ2) is 10.0. The summed E-state index contributed by atoms with van der Waals surface area (Å²) in [5, 5.41) is 11.4. The van der Waals surface area contributed by atoms with Crippen LogP contribution < -0.4 is 14.8 Å². The zero-order valence-corrected chi connectivity index (χ0v) is 17.5. The van der Waals surface area contributed by atoms with Gasteiger partial charge >= 0.3 is 0 Å². The Morgan fingerprint density at radius 1 is 1.17 bits per heavy atom. The molecule has 2 aromatic carbocycles. The molecule has 8 heteroatoms. The van der Waals surface area contributed by atoms with Crippen LogP contribution in [0, 0.1) is 24.2 Å². The predicted octanol–water partition coefficient (Wildman–Crippen LogP) is 3.01. The van der Waals surface area contributed by atoms with Crippen LogP contribution in [0.15, 0.2) is 47.4 Å². The highest BCUT2D eigenvalue weighted by Crippen LogP contribution is 2.22. The number of hydrogen-bond acceptors (Lipinski definition) is 5. The van der Waals surface area contributed by atoms with Gasteiger partial charge in [0.1, 0.15) is 5.75 Å². The molecule has 2 rings (SSSR count). The van der Waals surface area contributed by atoms with Crippen LogP contribution in [0.3, 0.4) is 0 Å². The molecule has 7 nitrogen and oxygen atoms in total. The lowest BCUT2D eigenvalue weighted by Crippen LogP contribution is -2.27. The Morgan fingerprint density at radius 2 is 1.86 bits per heavy atom. The number of hydrogen-bond donors (Lipinski definition) is 2. The maximum absolute atomic E-state index is 12.3. The first-order valence-electron chi connectivity index (χ1n) is 9.20. The minimum Gasteiger partial charge on any atom is -0.483 e. The van der Waals surface area contributed by atoms with Gasteiger partial charge in [-0.2, -0.15) is 5.26 Å². The van der Waals surface area contributed by atoms with Crippen molar-refractivity contribution < 1.29 is 17.9 Å². The van der Waals surface area contributed by atoms with E-state index in [1.807, 2.05) is 13.8 Å². The lowest BCUT2D eigenvalue weighted by Gasteiger charge is -2.13. The standard InChI is InChI=1S/C21H25N3O4S/c1-15(2)13-23-29(26,27)19-8-9-20(16(3)12-19)28-14-21(25)24-18-6-4-17(5-7-18)10-11-22/h4-9,12,15,23H,10,13-14H2,1-3H3,(H,24,25). The average Bonchev–Trinajstić information content (AvgIpc) is 2.67. The zero-order chi connectivity index (χ0) is 21.4. The van der Waals surface area contributed by atoms with E-state index in [9.17, 15) is 13.2 Å². The first kappa shape index (κ1) is 22.4. The zero-order valence-electron chi connectivity index (χ0n) is 16.7. The van der Waals surface area contributed by atoms with Crippen LogP contribution in [-0.4, -0.2) is 27.5 Å². The van der Waals surface area contributed by atoms with E-state index in [0.717, 1.165) is 5.56 Å². The molecule has 1 amide bonds. The number of ether oxygens (including phenoxy) is 1. The number of anilines is 1. The Bertz CT molecular complexity index is 994. The summed E-state index contributed by atoms with van der Waals surface area (Å²) < 4.78 is 32.7. The van der Waals surface area contributed by atoms with E-state index < -0.39 is 10.0 Å². The number of carbonyl (C=O) groups is 1. The summed E-state index contributed by atoms with van der Waals surface area (Å²) >= 11 is 0. The smallest absolute Gasteiger partial charge is 0.262 e. The van der Waals surface area contributed by atoms with E-state index in [2.05, 4.69) is 16.1 Å². The van der Waals surface area contributed by atoms with Gasteiger partial charge in [-0.15, -0.1) is 0 Å². The minimum absolute atomic E-state index is 0.157. The topological polar surface area (TPSA) is 108 Å². The maximum atomic E-state index is 12.3. The van der Waals surface area contributed by atoms with Crippen molar-refractivity contribution in [2.24, 2.45) is 5.92 Å². The summed E-state index contributed by atoms with van der Waals surface area (Å²) in [6.45, 7) is 5.73. The molecule has 0 saturated heterocycles. The van der Waals surface area contributed by atoms with E-state index >= 15 is 0 Å². The molecule has 29 heavy (non-hydrogen) atoms. The fraction of sp³-hybridized carbons (Fsp3) is 0.333. The maximum Gasteiger partial charge on any atom is 0.262 e. The monoisotopic (exact) mass is 415 g/mol. The quantitative estimate of drug-likeness (QED) is 0.654. The molecule has 0 aromatic heterocycles. The molecule has 2 N–H and O–H groups in total. The number of nitriles is 1. The van der Waals surface area contributed by atoms with Gasteiger partial charge in [-0.25, -0.2) is 13.1 Å². The number of nitrogens with zero attached hydrogens (tertiary/aromatic N) is 1. The van der Waals surface area contributed by atoms with Crippen LogP contribution in [0.5, 0.6) is 5.75 Å². The van der Waals surface area contributed by atoms with Gasteiger partial charge in [0.05, 0.1) is 17.4 Å². The van der Waals surface area contributed by atoms with E-state index in [1.54, 1.807) is 37.3 Å². The SMILES string of the molecule is Cc1cc(S(=O)(=O)NCC(C)C)ccc1OCC(=O)Nc1ccc(CC#N)cc1. The van der Waals surface area contributed by atoms with Crippen LogP contribution >= 0.6 is 0 Å². The first-order valence-corrected chi connectivity index (χ1v) is 10.7. The van der Waals surface area contributed by atoms with Gasteiger partial charge in [0.2, 0.25) is 10.0 Å². The molecular weight excluding hydrogens is 390 g/mol. The van der Waals surface area contributed by atoms with Gasteiger partial charge in [0, 0.05) is 12.2 Å².